The Morgan fingerprint density at radius 1 is 1.33 bits per heavy atom. The van der Waals surface area contributed by atoms with E-state index in [0.717, 1.165) is 51.9 Å². The molecule has 2 aliphatic heterocycles. The van der Waals surface area contributed by atoms with Crippen molar-refractivity contribution in [1.82, 2.24) is 15.3 Å². The molecular formula is C13H26N4O. The summed E-state index contributed by atoms with van der Waals surface area (Å²) in [6, 6.07) is 1.49. The Labute approximate surface area is 110 Å². The van der Waals surface area contributed by atoms with Crippen LogP contribution < -0.4 is 11.2 Å². The van der Waals surface area contributed by atoms with E-state index in [1.165, 1.54) is 12.8 Å². The largest absolute Gasteiger partial charge is 0.379 e. The van der Waals surface area contributed by atoms with Crippen LogP contribution in [0.15, 0.2) is 0 Å². The summed E-state index contributed by atoms with van der Waals surface area (Å²) in [5.41, 5.74) is 9.88. The Bertz CT molecular complexity index is 291. The molecule has 2 atom stereocenters. The molecule has 0 aromatic carbocycles. The Hall–Kier alpha value is -0.200. The van der Waals surface area contributed by atoms with Gasteiger partial charge in [0.25, 0.3) is 0 Å². The lowest BCUT2D eigenvalue weighted by atomic mass is 9.97. The zero-order valence-corrected chi connectivity index (χ0v) is 11.4. The van der Waals surface area contributed by atoms with E-state index in [1.807, 2.05) is 0 Å². The van der Waals surface area contributed by atoms with Gasteiger partial charge in [-0.2, -0.15) is 0 Å². The molecular weight excluding hydrogens is 228 g/mol. The van der Waals surface area contributed by atoms with Crippen molar-refractivity contribution in [2.24, 2.45) is 5.73 Å². The second-order valence-electron chi connectivity index (χ2n) is 6.15. The Balaban J connectivity index is 1.62. The van der Waals surface area contributed by atoms with Gasteiger partial charge in [0.1, 0.15) is 0 Å². The van der Waals surface area contributed by atoms with Gasteiger partial charge in [-0.05, 0) is 26.2 Å². The maximum atomic E-state index is 6.08. The van der Waals surface area contributed by atoms with Crippen LogP contribution in [0.3, 0.4) is 0 Å². The first-order valence-corrected chi connectivity index (χ1v) is 7.29. The smallest absolute Gasteiger partial charge is 0.0608 e. The topological polar surface area (TPSA) is 53.8 Å². The molecule has 2 saturated heterocycles. The third-order valence-corrected chi connectivity index (χ3v) is 4.55. The van der Waals surface area contributed by atoms with Crippen molar-refractivity contribution < 1.29 is 4.74 Å². The molecule has 0 amide bonds. The summed E-state index contributed by atoms with van der Waals surface area (Å²) >= 11 is 0. The van der Waals surface area contributed by atoms with Gasteiger partial charge in [-0.15, -0.1) is 0 Å². The zero-order valence-electron chi connectivity index (χ0n) is 11.4. The first kappa shape index (κ1) is 12.8. The van der Waals surface area contributed by atoms with Gasteiger partial charge < -0.3 is 10.5 Å². The summed E-state index contributed by atoms with van der Waals surface area (Å²) in [4.78, 5) is 2.65. The molecule has 5 heteroatoms. The van der Waals surface area contributed by atoms with Crippen LogP contribution >= 0.6 is 0 Å². The third kappa shape index (κ3) is 2.56. The molecule has 3 N–H and O–H groups in total. The summed E-state index contributed by atoms with van der Waals surface area (Å²) in [5, 5.41) is 2.31. The molecule has 3 aliphatic rings. The minimum absolute atomic E-state index is 0.0827. The van der Waals surface area contributed by atoms with Crippen LogP contribution in [0.1, 0.15) is 26.2 Å². The highest BCUT2D eigenvalue weighted by atomic mass is 16.5. The number of hydrogen-bond donors (Lipinski definition) is 2. The number of nitrogens with two attached hydrogens (primary N) is 1. The Morgan fingerprint density at radius 3 is 2.67 bits per heavy atom. The summed E-state index contributed by atoms with van der Waals surface area (Å²) in [6.07, 6.45) is 3.92. The van der Waals surface area contributed by atoms with Crippen LogP contribution in [-0.4, -0.2) is 66.9 Å². The normalized spacial score (nSPS) is 39.3. The number of rotatable bonds is 4. The molecule has 0 radical (unpaired) electrons. The molecule has 0 spiro atoms. The van der Waals surface area contributed by atoms with E-state index in [9.17, 15) is 0 Å². The zero-order chi connectivity index (χ0) is 12.6. The molecule has 0 bridgehead atoms. The van der Waals surface area contributed by atoms with Crippen LogP contribution in [0.5, 0.6) is 0 Å². The molecule has 3 rings (SSSR count). The first-order chi connectivity index (χ1) is 8.72. The number of likely N-dealkylation sites (tertiary alicyclic amines) is 1. The van der Waals surface area contributed by atoms with Crippen molar-refractivity contribution in [3.05, 3.63) is 0 Å². The van der Waals surface area contributed by atoms with Crippen LogP contribution in [0.25, 0.3) is 0 Å². The van der Waals surface area contributed by atoms with Crippen LogP contribution in [0.2, 0.25) is 0 Å². The lowest BCUT2D eigenvalue weighted by Crippen LogP contribution is -2.61. The lowest BCUT2D eigenvalue weighted by molar-refractivity contribution is -0.0103. The number of nitrogens with zero attached hydrogens (tertiary/aromatic N) is 2. The fourth-order valence-electron chi connectivity index (χ4n) is 3.43. The fraction of sp³-hybridized carbons (Fsp3) is 1.00. The summed E-state index contributed by atoms with van der Waals surface area (Å²) in [7, 11) is 0. The van der Waals surface area contributed by atoms with Crippen molar-refractivity contribution in [3.63, 3.8) is 0 Å². The van der Waals surface area contributed by atoms with Crippen molar-refractivity contribution in [1.29, 1.82) is 0 Å². The highest BCUT2D eigenvalue weighted by Crippen LogP contribution is 2.37. The summed E-state index contributed by atoms with van der Waals surface area (Å²) in [6.45, 7) is 7.77. The second kappa shape index (κ2) is 5.06. The minimum Gasteiger partial charge on any atom is -0.379 e. The lowest BCUT2D eigenvalue weighted by Gasteiger charge is -2.38. The molecule has 0 aromatic rings. The van der Waals surface area contributed by atoms with E-state index < -0.39 is 0 Å². The highest BCUT2D eigenvalue weighted by molar-refractivity contribution is 5.05. The maximum absolute atomic E-state index is 6.08. The molecule has 104 valence electrons. The van der Waals surface area contributed by atoms with E-state index >= 15 is 0 Å². The highest BCUT2D eigenvalue weighted by Gasteiger charge is 2.47. The molecule has 2 unspecified atom stereocenters. The van der Waals surface area contributed by atoms with Crippen molar-refractivity contribution >= 4 is 0 Å². The number of nitrogens with one attached hydrogen (secondary N) is 1. The Morgan fingerprint density at radius 2 is 2.06 bits per heavy atom. The van der Waals surface area contributed by atoms with Crippen molar-refractivity contribution in [3.8, 4) is 0 Å². The predicted molar refractivity (Wildman–Crippen MR) is 71.1 cm³/mol. The second-order valence-corrected chi connectivity index (χ2v) is 6.15. The molecule has 3 fully saturated rings. The van der Waals surface area contributed by atoms with Crippen molar-refractivity contribution in [2.75, 3.05) is 39.4 Å². The van der Waals surface area contributed by atoms with Gasteiger partial charge in [-0.3, -0.25) is 4.90 Å². The van der Waals surface area contributed by atoms with Gasteiger partial charge in [0.2, 0.25) is 0 Å². The van der Waals surface area contributed by atoms with Gasteiger partial charge in [-0.25, -0.2) is 10.4 Å². The standard InChI is InChI=1S/C13H26N4O/c1-11-8-13(9-14,10-17(11)12-2-3-12)15-16-4-6-18-7-5-16/h11-12,15H,2-10,14H2,1H3. The summed E-state index contributed by atoms with van der Waals surface area (Å²) in [5.74, 6) is 0. The van der Waals surface area contributed by atoms with Crippen LogP contribution in [-0.2, 0) is 4.74 Å². The maximum Gasteiger partial charge on any atom is 0.0608 e. The van der Waals surface area contributed by atoms with E-state index in [2.05, 4.69) is 22.3 Å². The van der Waals surface area contributed by atoms with E-state index in [4.69, 9.17) is 10.5 Å². The van der Waals surface area contributed by atoms with E-state index in [-0.39, 0.29) is 5.54 Å². The van der Waals surface area contributed by atoms with E-state index in [0.29, 0.717) is 6.04 Å². The molecule has 1 saturated carbocycles. The van der Waals surface area contributed by atoms with Gasteiger partial charge in [-0.1, -0.05) is 0 Å². The molecule has 5 nitrogen and oxygen atoms in total. The van der Waals surface area contributed by atoms with Crippen molar-refractivity contribution in [2.45, 2.75) is 43.8 Å². The third-order valence-electron chi connectivity index (χ3n) is 4.55. The quantitative estimate of drug-likeness (QED) is 0.726. The first-order valence-electron chi connectivity index (χ1n) is 7.29. The van der Waals surface area contributed by atoms with Gasteiger partial charge in [0, 0.05) is 38.3 Å². The van der Waals surface area contributed by atoms with Gasteiger partial charge in [0.15, 0.2) is 0 Å². The monoisotopic (exact) mass is 254 g/mol. The number of hydrogen-bond acceptors (Lipinski definition) is 5. The fourth-order valence-corrected chi connectivity index (χ4v) is 3.43. The molecule has 0 aromatic heterocycles. The average molecular weight is 254 g/mol. The van der Waals surface area contributed by atoms with Crippen LogP contribution in [0, 0.1) is 0 Å². The molecule has 18 heavy (non-hydrogen) atoms. The van der Waals surface area contributed by atoms with Gasteiger partial charge in [0.05, 0.1) is 18.8 Å². The van der Waals surface area contributed by atoms with E-state index in [1.54, 1.807) is 0 Å². The van der Waals surface area contributed by atoms with Gasteiger partial charge >= 0.3 is 0 Å². The SMILES string of the molecule is CC1CC(CN)(NN2CCOCC2)CN1C1CC1. The number of ether oxygens (including phenoxy) is 1. The Kier molecular flexibility index (Phi) is 3.60. The molecule has 2 heterocycles. The summed E-state index contributed by atoms with van der Waals surface area (Å²) < 4.78 is 5.40. The number of hydrazine groups is 1. The number of morpholine rings is 1. The predicted octanol–water partition coefficient (Wildman–Crippen LogP) is -0.223. The minimum atomic E-state index is 0.0827. The van der Waals surface area contributed by atoms with Crippen LogP contribution in [0.4, 0.5) is 0 Å². The molecule has 1 aliphatic carbocycles. The average Bonchev–Trinajstić information content (AvgIpc) is 3.17.